The molecule has 36 heavy (non-hydrogen) atoms. The lowest BCUT2D eigenvalue weighted by molar-refractivity contribution is -0.111. The monoisotopic (exact) mass is 492 g/mol. The van der Waals surface area contributed by atoms with Crippen molar-refractivity contribution in [3.8, 4) is 0 Å². The van der Waals surface area contributed by atoms with E-state index in [1.165, 1.54) is 18.3 Å². The molecule has 1 aromatic carbocycles. The number of hydrogen-bond acceptors (Lipinski definition) is 8. The molecule has 4 N–H and O–H groups in total. The second kappa shape index (κ2) is 11.4. The van der Waals surface area contributed by atoms with Crippen LogP contribution in [0.1, 0.15) is 12.8 Å². The van der Waals surface area contributed by atoms with Crippen LogP contribution in [-0.2, 0) is 11.8 Å². The third kappa shape index (κ3) is 6.64. The summed E-state index contributed by atoms with van der Waals surface area (Å²) in [5.41, 5.74) is 1.41. The van der Waals surface area contributed by atoms with Crippen LogP contribution >= 0.6 is 0 Å². The Hall–Kier alpha value is -4.29. The molecule has 0 unspecified atom stereocenters. The number of hydrogen-bond donors (Lipinski definition) is 4. The van der Waals surface area contributed by atoms with Crippen molar-refractivity contribution < 1.29 is 19.8 Å². The van der Waals surface area contributed by atoms with Gasteiger partial charge in [0.15, 0.2) is 0 Å². The highest BCUT2D eigenvalue weighted by Crippen LogP contribution is 2.27. The maximum Gasteiger partial charge on any atom is 0.417 e. The van der Waals surface area contributed by atoms with E-state index >= 15 is 0 Å². The maximum atomic E-state index is 12.4. The van der Waals surface area contributed by atoms with Crippen LogP contribution in [0, 0.1) is 0 Å². The molecule has 0 bridgehead atoms. The molecule has 1 fully saturated rings. The molecular weight excluding hydrogens is 464 g/mol. The van der Waals surface area contributed by atoms with Crippen molar-refractivity contribution in [2.24, 2.45) is 7.05 Å². The summed E-state index contributed by atoms with van der Waals surface area (Å²) in [7, 11) is 1.77. The Morgan fingerprint density at radius 3 is 2.75 bits per heavy atom. The van der Waals surface area contributed by atoms with E-state index in [0.29, 0.717) is 23.6 Å². The van der Waals surface area contributed by atoms with Crippen molar-refractivity contribution in [2.45, 2.75) is 18.9 Å². The molecule has 0 saturated carbocycles. The van der Waals surface area contributed by atoms with Crippen LogP contribution in [0.3, 0.4) is 0 Å². The summed E-state index contributed by atoms with van der Waals surface area (Å²) >= 11 is 0. The van der Waals surface area contributed by atoms with Gasteiger partial charge in [-0.2, -0.15) is 10.1 Å². The number of amides is 2. The second-order valence-electron chi connectivity index (χ2n) is 8.36. The number of aliphatic hydroxyl groups is 1. The van der Waals surface area contributed by atoms with Gasteiger partial charge in [-0.05, 0) is 31.0 Å². The van der Waals surface area contributed by atoms with E-state index in [2.05, 4.69) is 30.6 Å². The Bertz CT molecular complexity index is 1240. The van der Waals surface area contributed by atoms with E-state index in [4.69, 9.17) is 0 Å². The molecule has 188 valence electrons. The van der Waals surface area contributed by atoms with Gasteiger partial charge < -0.3 is 20.8 Å². The van der Waals surface area contributed by atoms with Crippen molar-refractivity contribution in [3.05, 3.63) is 61.1 Å². The quantitative estimate of drug-likeness (QED) is 0.348. The van der Waals surface area contributed by atoms with E-state index in [9.17, 15) is 19.8 Å². The molecule has 2 aromatic heterocycles. The Kier molecular flexibility index (Phi) is 7.88. The first kappa shape index (κ1) is 24.8. The van der Waals surface area contributed by atoms with Crippen LogP contribution in [0.5, 0.6) is 0 Å². The number of carbonyl (C=O) groups is 2. The van der Waals surface area contributed by atoms with Crippen LogP contribution in [0.2, 0.25) is 0 Å². The van der Waals surface area contributed by atoms with Gasteiger partial charge in [0.2, 0.25) is 11.9 Å². The van der Waals surface area contributed by atoms with E-state index < -0.39 is 6.09 Å². The topological polar surface area (TPSA) is 149 Å². The normalized spacial score (nSPS) is 14.6. The number of nitrogens with zero attached hydrogens (tertiary/aromatic N) is 6. The lowest BCUT2D eigenvalue weighted by atomic mass is 10.1. The van der Waals surface area contributed by atoms with Gasteiger partial charge in [0.1, 0.15) is 5.82 Å². The predicted molar refractivity (Wildman–Crippen MR) is 135 cm³/mol. The second-order valence-corrected chi connectivity index (χ2v) is 8.36. The predicted octanol–water partition coefficient (Wildman–Crippen LogP) is 2.72. The fourth-order valence-electron chi connectivity index (χ4n) is 3.81. The molecule has 1 aliphatic heterocycles. The first-order valence-corrected chi connectivity index (χ1v) is 11.5. The molecule has 4 rings (SSSR count). The number of benzene rings is 1. The van der Waals surface area contributed by atoms with Gasteiger partial charge in [0.05, 0.1) is 23.7 Å². The molecule has 12 nitrogen and oxygen atoms in total. The number of aromatic nitrogens is 4. The number of likely N-dealkylation sites (tertiary alicyclic amines) is 1. The van der Waals surface area contributed by atoms with Gasteiger partial charge in [-0.15, -0.1) is 0 Å². The zero-order chi connectivity index (χ0) is 25.5. The molecule has 0 radical (unpaired) electrons. The molecule has 0 aliphatic carbocycles. The Labute approximate surface area is 207 Å². The van der Waals surface area contributed by atoms with Crippen LogP contribution in [-0.4, -0.2) is 72.6 Å². The molecule has 0 atom stereocenters. The highest BCUT2D eigenvalue weighted by Gasteiger charge is 2.20. The molecule has 1 saturated heterocycles. The minimum atomic E-state index is -1.24. The Morgan fingerprint density at radius 2 is 2.03 bits per heavy atom. The number of nitrogens with one attached hydrogen (secondary N) is 2. The van der Waals surface area contributed by atoms with E-state index in [1.54, 1.807) is 54.5 Å². The number of rotatable bonds is 8. The lowest BCUT2D eigenvalue weighted by Crippen LogP contribution is -2.35. The summed E-state index contributed by atoms with van der Waals surface area (Å²) in [6, 6.07) is 7.98. The summed E-state index contributed by atoms with van der Waals surface area (Å²) in [5.74, 6) is 0.0273. The zero-order valence-electron chi connectivity index (χ0n) is 19.8. The summed E-state index contributed by atoms with van der Waals surface area (Å²) in [5, 5.41) is 29.3. The minimum Gasteiger partial charge on any atom is -0.464 e. The number of aliphatic hydroxyl groups excluding tert-OH is 1. The number of piperidine rings is 1. The third-order valence-corrected chi connectivity index (χ3v) is 5.58. The largest absolute Gasteiger partial charge is 0.464 e. The van der Waals surface area contributed by atoms with Gasteiger partial charge >= 0.3 is 6.09 Å². The van der Waals surface area contributed by atoms with Gasteiger partial charge in [0, 0.05) is 56.9 Å². The molecule has 0 spiro atoms. The fourth-order valence-corrected chi connectivity index (χ4v) is 3.81. The standard InChI is InChI=1S/C24H28N8O4/c1-30-16-18(15-26-30)28-23-25-10-7-21(29-23)32(24(35)36)19-5-2-4-17(14-19)27-22(34)6-3-11-31-12-8-20(33)9-13-31/h2-7,10,14-16,20,33H,8-9,11-13H2,1H3,(H,27,34)(H,35,36)(H,25,28,29)/b6-3+. The lowest BCUT2D eigenvalue weighted by Gasteiger charge is -2.28. The number of carbonyl (C=O) groups excluding carboxylic acids is 1. The van der Waals surface area contributed by atoms with Gasteiger partial charge in [-0.25, -0.2) is 14.7 Å². The molecule has 1 aliphatic rings. The van der Waals surface area contributed by atoms with Crippen LogP contribution < -0.4 is 15.5 Å². The highest BCUT2D eigenvalue weighted by molar-refractivity contribution is 6.00. The maximum absolute atomic E-state index is 12.4. The van der Waals surface area contributed by atoms with E-state index in [-0.39, 0.29) is 23.8 Å². The number of carboxylic acid groups (broad SMARTS) is 1. The molecule has 3 aromatic rings. The smallest absolute Gasteiger partial charge is 0.417 e. The van der Waals surface area contributed by atoms with E-state index in [0.717, 1.165) is 30.8 Å². The summed E-state index contributed by atoms with van der Waals surface area (Å²) in [4.78, 5) is 36.2. The summed E-state index contributed by atoms with van der Waals surface area (Å²) in [6.45, 7) is 2.21. The number of anilines is 5. The summed E-state index contributed by atoms with van der Waals surface area (Å²) in [6.07, 6.45) is 8.02. The van der Waals surface area contributed by atoms with Gasteiger partial charge in [0.25, 0.3) is 0 Å². The van der Waals surface area contributed by atoms with Crippen molar-refractivity contribution in [3.63, 3.8) is 0 Å². The molecule has 3 heterocycles. The van der Waals surface area contributed by atoms with Crippen molar-refractivity contribution >= 4 is 40.8 Å². The highest BCUT2D eigenvalue weighted by atomic mass is 16.4. The molecule has 12 heteroatoms. The average Bonchev–Trinajstić information content (AvgIpc) is 3.25. The SMILES string of the molecule is Cn1cc(Nc2nccc(N(C(=O)O)c3cccc(NC(=O)/C=C/CN4CCC(O)CC4)c3)n2)cn1. The zero-order valence-corrected chi connectivity index (χ0v) is 19.8. The molecule has 2 amide bonds. The summed E-state index contributed by atoms with van der Waals surface area (Å²) < 4.78 is 1.61. The fraction of sp³-hybridized carbons (Fsp3) is 0.292. The third-order valence-electron chi connectivity index (χ3n) is 5.58. The van der Waals surface area contributed by atoms with Gasteiger partial charge in [-0.3, -0.25) is 14.4 Å². The minimum absolute atomic E-state index is 0.138. The van der Waals surface area contributed by atoms with Crippen molar-refractivity contribution in [1.82, 2.24) is 24.6 Å². The Morgan fingerprint density at radius 1 is 1.22 bits per heavy atom. The first-order valence-electron chi connectivity index (χ1n) is 11.5. The van der Waals surface area contributed by atoms with Crippen LogP contribution in [0.4, 0.5) is 33.6 Å². The average molecular weight is 493 g/mol. The van der Waals surface area contributed by atoms with E-state index in [1.807, 2.05) is 0 Å². The molecular formula is C24H28N8O4. The van der Waals surface area contributed by atoms with Crippen LogP contribution in [0.25, 0.3) is 0 Å². The van der Waals surface area contributed by atoms with Gasteiger partial charge in [-0.1, -0.05) is 12.1 Å². The Balaban J connectivity index is 1.43. The first-order chi connectivity index (χ1) is 17.4. The van der Waals surface area contributed by atoms with Crippen molar-refractivity contribution in [2.75, 3.05) is 35.2 Å². The van der Waals surface area contributed by atoms with Crippen LogP contribution in [0.15, 0.2) is 61.1 Å². The van der Waals surface area contributed by atoms with Crippen molar-refractivity contribution in [1.29, 1.82) is 0 Å². The number of aryl methyl sites for hydroxylation is 1.